The summed E-state index contributed by atoms with van der Waals surface area (Å²) in [6, 6.07) is 14.5. The van der Waals surface area contributed by atoms with Crippen molar-refractivity contribution in [1.82, 2.24) is 10.6 Å². The summed E-state index contributed by atoms with van der Waals surface area (Å²) in [5.74, 6) is 0.846. The zero-order chi connectivity index (χ0) is 19.1. The maximum absolute atomic E-state index is 12.0. The van der Waals surface area contributed by atoms with Crippen LogP contribution in [0.25, 0.3) is 0 Å². The number of fused-ring (bicyclic) bond motifs is 1. The van der Waals surface area contributed by atoms with Crippen molar-refractivity contribution in [2.45, 2.75) is 25.7 Å². The molecule has 144 valence electrons. The molecule has 0 saturated heterocycles. The Kier molecular flexibility index (Phi) is 6.58. The number of nitrogens with zero attached hydrogens (tertiary/aromatic N) is 1. The molecule has 0 aromatic heterocycles. The second-order valence-electron chi connectivity index (χ2n) is 7.02. The van der Waals surface area contributed by atoms with E-state index in [1.807, 2.05) is 24.3 Å². The van der Waals surface area contributed by atoms with Gasteiger partial charge in [0, 0.05) is 32.4 Å². The molecule has 3 rings (SSSR count). The number of carbonyl (C=O) groups is 1. The molecule has 1 aliphatic heterocycles. The Balaban J connectivity index is 1.37. The monoisotopic (exact) mass is 367 g/mol. The van der Waals surface area contributed by atoms with E-state index in [9.17, 15) is 4.79 Å². The number of anilines is 1. The summed E-state index contributed by atoms with van der Waals surface area (Å²) in [6.45, 7) is 2.39. The molecule has 0 bridgehead atoms. The zero-order valence-electron chi connectivity index (χ0n) is 16.3. The molecule has 0 atom stereocenters. The van der Waals surface area contributed by atoms with Crippen LogP contribution in [0.1, 0.15) is 23.1 Å². The summed E-state index contributed by atoms with van der Waals surface area (Å²) >= 11 is 0. The lowest BCUT2D eigenvalue weighted by molar-refractivity contribution is 0.241. The summed E-state index contributed by atoms with van der Waals surface area (Å²) in [5, 5.41) is 5.86. The van der Waals surface area contributed by atoms with Gasteiger partial charge in [-0.3, -0.25) is 0 Å². The molecule has 2 N–H and O–H groups in total. The van der Waals surface area contributed by atoms with Crippen LogP contribution < -0.4 is 20.3 Å². The number of hydrogen-bond donors (Lipinski definition) is 2. The number of aryl methyl sites for hydroxylation is 1. The SMILES string of the molecule is COc1ccc(CCNC(=O)NCCc2ccc3c(c2)CCCN3C)cc1. The zero-order valence-corrected chi connectivity index (χ0v) is 16.3. The van der Waals surface area contributed by atoms with Gasteiger partial charge in [0.1, 0.15) is 5.75 Å². The van der Waals surface area contributed by atoms with Gasteiger partial charge in [0.2, 0.25) is 0 Å². The molecule has 5 nitrogen and oxygen atoms in total. The van der Waals surface area contributed by atoms with Gasteiger partial charge in [-0.1, -0.05) is 24.3 Å². The van der Waals surface area contributed by atoms with E-state index < -0.39 is 0 Å². The Labute approximate surface area is 161 Å². The van der Waals surface area contributed by atoms with E-state index in [1.165, 1.54) is 28.8 Å². The van der Waals surface area contributed by atoms with Crippen LogP contribution in [0.4, 0.5) is 10.5 Å². The lowest BCUT2D eigenvalue weighted by Crippen LogP contribution is -2.37. The summed E-state index contributed by atoms with van der Waals surface area (Å²) in [4.78, 5) is 14.3. The van der Waals surface area contributed by atoms with Gasteiger partial charge in [-0.2, -0.15) is 0 Å². The van der Waals surface area contributed by atoms with E-state index in [-0.39, 0.29) is 6.03 Å². The molecule has 0 saturated carbocycles. The Morgan fingerprint density at radius 1 is 1.04 bits per heavy atom. The molecule has 0 unspecified atom stereocenters. The highest BCUT2D eigenvalue weighted by atomic mass is 16.5. The minimum absolute atomic E-state index is 0.110. The standard InChI is InChI=1S/C22H29N3O2/c1-25-15-3-4-19-16-18(7-10-21(19)25)12-14-24-22(26)23-13-11-17-5-8-20(27-2)9-6-17/h5-10,16H,3-4,11-15H2,1-2H3,(H2,23,24,26). The van der Waals surface area contributed by atoms with Crippen LogP contribution in [0.5, 0.6) is 5.75 Å². The van der Waals surface area contributed by atoms with Crippen molar-refractivity contribution in [3.8, 4) is 5.75 Å². The van der Waals surface area contributed by atoms with Crippen molar-refractivity contribution >= 4 is 11.7 Å². The highest BCUT2D eigenvalue weighted by Crippen LogP contribution is 2.26. The van der Waals surface area contributed by atoms with Gasteiger partial charge in [0.05, 0.1) is 7.11 Å². The van der Waals surface area contributed by atoms with Gasteiger partial charge in [0.25, 0.3) is 0 Å². The third kappa shape index (κ3) is 5.39. The van der Waals surface area contributed by atoms with Gasteiger partial charge >= 0.3 is 6.03 Å². The van der Waals surface area contributed by atoms with Gasteiger partial charge in [0.15, 0.2) is 0 Å². The average Bonchev–Trinajstić information content (AvgIpc) is 2.69. The van der Waals surface area contributed by atoms with Crippen LogP contribution in [0, 0.1) is 0 Å². The fourth-order valence-corrected chi connectivity index (χ4v) is 3.49. The van der Waals surface area contributed by atoms with Crippen molar-refractivity contribution in [1.29, 1.82) is 0 Å². The molecule has 2 aromatic rings. The first kappa shape index (κ1) is 19.1. The number of rotatable bonds is 7. The van der Waals surface area contributed by atoms with E-state index in [0.717, 1.165) is 31.6 Å². The van der Waals surface area contributed by atoms with Crippen molar-refractivity contribution in [2.24, 2.45) is 0 Å². The van der Waals surface area contributed by atoms with Crippen molar-refractivity contribution in [3.63, 3.8) is 0 Å². The summed E-state index contributed by atoms with van der Waals surface area (Å²) in [5.41, 5.74) is 5.22. The number of carbonyl (C=O) groups excluding carboxylic acids is 1. The molecule has 0 aliphatic carbocycles. The first-order valence-corrected chi connectivity index (χ1v) is 9.63. The Morgan fingerprint density at radius 3 is 2.41 bits per heavy atom. The normalized spacial score (nSPS) is 13.0. The fourth-order valence-electron chi connectivity index (χ4n) is 3.49. The van der Waals surface area contributed by atoms with Crippen LogP contribution in [-0.2, 0) is 19.3 Å². The number of methoxy groups -OCH3 is 1. The largest absolute Gasteiger partial charge is 0.497 e. The number of ether oxygens (including phenoxy) is 1. The maximum Gasteiger partial charge on any atom is 0.314 e. The van der Waals surface area contributed by atoms with Crippen molar-refractivity contribution < 1.29 is 9.53 Å². The van der Waals surface area contributed by atoms with E-state index in [0.29, 0.717) is 13.1 Å². The quantitative estimate of drug-likeness (QED) is 0.790. The Hall–Kier alpha value is -2.69. The van der Waals surface area contributed by atoms with E-state index in [4.69, 9.17) is 4.74 Å². The lowest BCUT2D eigenvalue weighted by Gasteiger charge is -2.27. The van der Waals surface area contributed by atoms with Gasteiger partial charge in [-0.15, -0.1) is 0 Å². The summed E-state index contributed by atoms with van der Waals surface area (Å²) in [7, 11) is 3.80. The van der Waals surface area contributed by atoms with Crippen LogP contribution in [-0.4, -0.2) is 39.8 Å². The topological polar surface area (TPSA) is 53.6 Å². The Bertz CT molecular complexity index is 759. The molecule has 1 aliphatic rings. The second-order valence-corrected chi connectivity index (χ2v) is 7.02. The van der Waals surface area contributed by atoms with Crippen LogP contribution in [0.3, 0.4) is 0 Å². The summed E-state index contributed by atoms with van der Waals surface area (Å²) in [6.07, 6.45) is 4.01. The molecular formula is C22H29N3O2. The number of hydrogen-bond acceptors (Lipinski definition) is 3. The second kappa shape index (κ2) is 9.31. The molecule has 0 fully saturated rings. The molecule has 1 heterocycles. The molecule has 0 radical (unpaired) electrons. The molecular weight excluding hydrogens is 338 g/mol. The number of benzene rings is 2. The fraction of sp³-hybridized carbons (Fsp3) is 0.409. The van der Waals surface area contributed by atoms with Crippen LogP contribution in [0.2, 0.25) is 0 Å². The third-order valence-electron chi connectivity index (χ3n) is 5.05. The van der Waals surface area contributed by atoms with Crippen LogP contribution >= 0.6 is 0 Å². The minimum Gasteiger partial charge on any atom is -0.497 e. The molecule has 2 amide bonds. The van der Waals surface area contributed by atoms with E-state index >= 15 is 0 Å². The highest BCUT2D eigenvalue weighted by Gasteiger charge is 2.13. The average molecular weight is 367 g/mol. The first-order chi connectivity index (χ1) is 13.2. The molecule has 0 spiro atoms. The minimum atomic E-state index is -0.110. The smallest absolute Gasteiger partial charge is 0.314 e. The van der Waals surface area contributed by atoms with E-state index in [2.05, 4.69) is 40.8 Å². The molecule has 5 heteroatoms. The van der Waals surface area contributed by atoms with E-state index in [1.54, 1.807) is 7.11 Å². The number of amides is 2. The molecule has 27 heavy (non-hydrogen) atoms. The maximum atomic E-state index is 12.0. The highest BCUT2D eigenvalue weighted by molar-refractivity contribution is 5.73. The van der Waals surface area contributed by atoms with Crippen LogP contribution in [0.15, 0.2) is 42.5 Å². The number of nitrogens with one attached hydrogen (secondary N) is 2. The predicted octanol–water partition coefficient (Wildman–Crippen LogP) is 3.16. The number of urea groups is 1. The van der Waals surface area contributed by atoms with Gasteiger partial charge < -0.3 is 20.3 Å². The van der Waals surface area contributed by atoms with Crippen molar-refractivity contribution in [3.05, 3.63) is 59.2 Å². The van der Waals surface area contributed by atoms with Gasteiger partial charge in [-0.25, -0.2) is 4.79 Å². The van der Waals surface area contributed by atoms with Gasteiger partial charge in [-0.05, 0) is 60.6 Å². The lowest BCUT2D eigenvalue weighted by atomic mass is 9.98. The molecule has 2 aromatic carbocycles. The Morgan fingerprint density at radius 2 is 1.70 bits per heavy atom. The van der Waals surface area contributed by atoms with Crippen molar-refractivity contribution in [2.75, 3.05) is 38.7 Å². The predicted molar refractivity (Wildman–Crippen MR) is 110 cm³/mol. The first-order valence-electron chi connectivity index (χ1n) is 9.63. The summed E-state index contributed by atoms with van der Waals surface area (Å²) < 4.78 is 5.15. The third-order valence-corrected chi connectivity index (χ3v) is 5.05.